The van der Waals surface area contributed by atoms with E-state index in [0.717, 1.165) is 25.7 Å². The number of ether oxygens (including phenoxy) is 1. The van der Waals surface area contributed by atoms with Crippen molar-refractivity contribution in [1.29, 1.82) is 0 Å². The van der Waals surface area contributed by atoms with Crippen molar-refractivity contribution < 1.29 is 9.53 Å². The van der Waals surface area contributed by atoms with Crippen molar-refractivity contribution in [1.82, 2.24) is 10.3 Å². The molecule has 5 rings (SSSR count). The average Bonchev–Trinajstić information content (AvgIpc) is 3.05. The van der Waals surface area contributed by atoms with Crippen LogP contribution in [-0.4, -0.2) is 35.7 Å². The zero-order valence-corrected chi connectivity index (χ0v) is 16.0. The molecule has 0 saturated carbocycles. The fourth-order valence-corrected chi connectivity index (χ4v) is 5.48. The van der Waals surface area contributed by atoms with E-state index in [9.17, 15) is 4.79 Å². The molecule has 2 heterocycles. The number of piperidine rings is 2. The third-order valence-electron chi connectivity index (χ3n) is 6.76. The first kappa shape index (κ1) is 17.7. The molecule has 3 N–H and O–H groups in total. The Morgan fingerprint density at radius 1 is 1.00 bits per heavy atom. The van der Waals surface area contributed by atoms with Crippen LogP contribution in [0.4, 0.5) is 4.79 Å². The van der Waals surface area contributed by atoms with Crippen LogP contribution in [0.5, 0.6) is 0 Å². The second kappa shape index (κ2) is 7.22. The summed E-state index contributed by atoms with van der Waals surface area (Å²) in [5, 5.41) is 0. The summed E-state index contributed by atoms with van der Waals surface area (Å²) in [7, 11) is 0. The van der Waals surface area contributed by atoms with Gasteiger partial charge in [-0.2, -0.15) is 0 Å². The first-order valence-corrected chi connectivity index (χ1v) is 10.4. The van der Waals surface area contributed by atoms with Crippen molar-refractivity contribution in [3.8, 4) is 11.1 Å². The Morgan fingerprint density at radius 2 is 1.57 bits per heavy atom. The molecule has 5 nitrogen and oxygen atoms in total. The zero-order valence-electron chi connectivity index (χ0n) is 16.0. The van der Waals surface area contributed by atoms with E-state index in [1.165, 1.54) is 28.7 Å². The monoisotopic (exact) mass is 377 g/mol. The van der Waals surface area contributed by atoms with Crippen LogP contribution in [0.3, 0.4) is 0 Å². The van der Waals surface area contributed by atoms with E-state index in [4.69, 9.17) is 10.6 Å². The van der Waals surface area contributed by atoms with Gasteiger partial charge in [0.25, 0.3) is 0 Å². The molecule has 2 atom stereocenters. The van der Waals surface area contributed by atoms with Gasteiger partial charge in [-0.1, -0.05) is 48.5 Å². The quantitative estimate of drug-likeness (QED) is 0.631. The summed E-state index contributed by atoms with van der Waals surface area (Å²) < 4.78 is 5.92. The third kappa shape index (κ3) is 2.90. The summed E-state index contributed by atoms with van der Waals surface area (Å²) >= 11 is 0. The second-order valence-electron chi connectivity index (χ2n) is 8.28. The lowest BCUT2D eigenvalue weighted by Crippen LogP contribution is -2.59. The molecule has 3 aliphatic rings. The lowest BCUT2D eigenvalue weighted by Gasteiger charge is -2.47. The molecule has 0 radical (unpaired) electrons. The minimum absolute atomic E-state index is 0.111. The maximum Gasteiger partial charge on any atom is 0.410 e. The molecule has 0 aromatic heterocycles. The highest BCUT2D eigenvalue weighted by Gasteiger charge is 2.42. The number of benzene rings is 2. The topological polar surface area (TPSA) is 67.6 Å². The van der Waals surface area contributed by atoms with E-state index in [1.54, 1.807) is 0 Å². The van der Waals surface area contributed by atoms with Gasteiger partial charge in [-0.05, 0) is 54.4 Å². The number of amides is 1. The van der Waals surface area contributed by atoms with Crippen molar-refractivity contribution in [2.75, 3.05) is 6.61 Å². The number of carbonyl (C=O) groups is 1. The summed E-state index contributed by atoms with van der Waals surface area (Å²) in [6.07, 6.45) is 4.93. The summed E-state index contributed by atoms with van der Waals surface area (Å²) in [5.74, 6) is 5.79. The first-order chi connectivity index (χ1) is 13.8. The molecule has 2 aromatic rings. The molecule has 0 spiro atoms. The number of hydrogen-bond donors (Lipinski definition) is 2. The van der Waals surface area contributed by atoms with Crippen LogP contribution in [-0.2, 0) is 4.74 Å². The fourth-order valence-electron chi connectivity index (χ4n) is 5.48. The van der Waals surface area contributed by atoms with Crippen LogP contribution in [0.1, 0.15) is 49.1 Å². The number of nitrogens with one attached hydrogen (secondary N) is 1. The number of nitrogens with zero attached hydrogens (tertiary/aromatic N) is 1. The molecule has 146 valence electrons. The zero-order chi connectivity index (χ0) is 19.1. The van der Waals surface area contributed by atoms with E-state index in [0.29, 0.717) is 12.6 Å². The Morgan fingerprint density at radius 3 is 2.14 bits per heavy atom. The van der Waals surface area contributed by atoms with Gasteiger partial charge in [0.05, 0.1) is 0 Å². The van der Waals surface area contributed by atoms with Crippen LogP contribution >= 0.6 is 0 Å². The Bertz CT molecular complexity index is 824. The van der Waals surface area contributed by atoms with Crippen LogP contribution in [0.2, 0.25) is 0 Å². The Balaban J connectivity index is 1.33. The summed E-state index contributed by atoms with van der Waals surface area (Å²) in [6, 6.07) is 17.7. The van der Waals surface area contributed by atoms with Gasteiger partial charge < -0.3 is 9.64 Å². The minimum atomic E-state index is -0.160. The van der Waals surface area contributed by atoms with E-state index < -0.39 is 0 Å². The molecule has 1 aliphatic carbocycles. The summed E-state index contributed by atoms with van der Waals surface area (Å²) in [4.78, 5) is 15.0. The normalized spacial score (nSPS) is 25.9. The highest BCUT2D eigenvalue weighted by molar-refractivity contribution is 5.79. The van der Waals surface area contributed by atoms with Crippen LogP contribution < -0.4 is 11.3 Å². The van der Waals surface area contributed by atoms with Gasteiger partial charge in [0.2, 0.25) is 0 Å². The lowest BCUT2D eigenvalue weighted by atomic mass is 9.82. The predicted molar refractivity (Wildman–Crippen MR) is 109 cm³/mol. The Hall–Kier alpha value is -2.37. The van der Waals surface area contributed by atoms with E-state index >= 15 is 0 Å². The molecule has 28 heavy (non-hydrogen) atoms. The molecule has 2 aliphatic heterocycles. The van der Waals surface area contributed by atoms with Crippen LogP contribution in [0.15, 0.2) is 48.5 Å². The van der Waals surface area contributed by atoms with Gasteiger partial charge in [-0.3, -0.25) is 11.3 Å². The standard InChI is InChI=1S/C23H27N3O2/c24-25-15-12-16-6-5-7-17(13-15)26(16)23(27)28-14-22-20-10-3-1-8-18(20)19-9-2-4-11-21(19)22/h1-4,8-11,15-17,22,25H,5-7,12-14,24H2. The summed E-state index contributed by atoms with van der Waals surface area (Å²) in [5.41, 5.74) is 7.93. The lowest BCUT2D eigenvalue weighted by molar-refractivity contribution is 0.0125. The Kier molecular flexibility index (Phi) is 4.57. The molecule has 5 heteroatoms. The fraction of sp³-hybridized carbons (Fsp3) is 0.435. The molecule has 2 saturated heterocycles. The maximum atomic E-state index is 13.0. The highest BCUT2D eigenvalue weighted by atomic mass is 16.6. The van der Waals surface area contributed by atoms with E-state index in [-0.39, 0.29) is 24.1 Å². The number of carbonyl (C=O) groups excluding carboxylic acids is 1. The van der Waals surface area contributed by atoms with Gasteiger partial charge in [-0.15, -0.1) is 0 Å². The molecule has 2 aromatic carbocycles. The number of fused-ring (bicyclic) bond motifs is 5. The Labute approximate surface area is 165 Å². The number of nitrogens with two attached hydrogens (primary N) is 1. The SMILES string of the molecule is NNC1CC2CCCC(C1)N2C(=O)OCC1c2ccccc2-c2ccccc21. The molecule has 2 unspecified atom stereocenters. The smallest absolute Gasteiger partial charge is 0.410 e. The van der Waals surface area contributed by atoms with Gasteiger partial charge >= 0.3 is 6.09 Å². The van der Waals surface area contributed by atoms with E-state index in [1.807, 2.05) is 4.90 Å². The second-order valence-corrected chi connectivity index (χ2v) is 8.28. The molecular weight excluding hydrogens is 350 g/mol. The highest BCUT2D eigenvalue weighted by Crippen LogP contribution is 2.44. The number of rotatable bonds is 3. The predicted octanol–water partition coefficient (Wildman–Crippen LogP) is 3.78. The first-order valence-electron chi connectivity index (χ1n) is 10.4. The average molecular weight is 377 g/mol. The summed E-state index contributed by atoms with van der Waals surface area (Å²) in [6.45, 7) is 0.390. The molecule has 1 amide bonds. The van der Waals surface area contributed by atoms with Gasteiger partial charge in [-0.25, -0.2) is 4.79 Å². The minimum Gasteiger partial charge on any atom is -0.448 e. The van der Waals surface area contributed by atoms with Crippen molar-refractivity contribution in [2.45, 2.75) is 56.1 Å². The van der Waals surface area contributed by atoms with Crippen molar-refractivity contribution in [3.05, 3.63) is 59.7 Å². The van der Waals surface area contributed by atoms with Gasteiger partial charge in [0.1, 0.15) is 6.61 Å². The molecular formula is C23H27N3O2. The van der Waals surface area contributed by atoms with Crippen molar-refractivity contribution >= 4 is 6.09 Å². The largest absolute Gasteiger partial charge is 0.448 e. The number of hydrogen-bond acceptors (Lipinski definition) is 4. The van der Waals surface area contributed by atoms with Crippen molar-refractivity contribution in [3.63, 3.8) is 0 Å². The van der Waals surface area contributed by atoms with Crippen LogP contribution in [0, 0.1) is 0 Å². The molecule has 2 bridgehead atoms. The van der Waals surface area contributed by atoms with Gasteiger partial charge in [0, 0.05) is 24.0 Å². The van der Waals surface area contributed by atoms with Crippen LogP contribution in [0.25, 0.3) is 11.1 Å². The maximum absolute atomic E-state index is 13.0. The molecule has 2 fully saturated rings. The third-order valence-corrected chi connectivity index (χ3v) is 6.76. The van der Waals surface area contributed by atoms with E-state index in [2.05, 4.69) is 54.0 Å². The van der Waals surface area contributed by atoms with Gasteiger partial charge in [0.15, 0.2) is 0 Å². The number of hydrazine groups is 1. The van der Waals surface area contributed by atoms with Crippen molar-refractivity contribution in [2.24, 2.45) is 5.84 Å².